The highest BCUT2D eigenvalue weighted by atomic mass is 16.4. The summed E-state index contributed by atoms with van der Waals surface area (Å²) in [5.74, 6) is -0.688. The SMILES string of the molecule is CN(CCCC(C)(C)C(=O)O)C1CC1. The van der Waals surface area contributed by atoms with Gasteiger partial charge in [-0.25, -0.2) is 0 Å². The van der Waals surface area contributed by atoms with Crippen LogP contribution in [0.3, 0.4) is 0 Å². The van der Waals surface area contributed by atoms with Crippen LogP contribution in [0.2, 0.25) is 0 Å². The van der Waals surface area contributed by atoms with Crippen molar-refractivity contribution in [2.75, 3.05) is 13.6 Å². The summed E-state index contributed by atoms with van der Waals surface area (Å²) in [5, 5.41) is 8.91. The molecule has 1 aliphatic carbocycles. The van der Waals surface area contributed by atoms with Crippen molar-refractivity contribution in [2.45, 2.75) is 45.6 Å². The van der Waals surface area contributed by atoms with Gasteiger partial charge in [0.05, 0.1) is 5.41 Å². The van der Waals surface area contributed by atoms with Gasteiger partial charge in [-0.1, -0.05) is 0 Å². The predicted octanol–water partition coefficient (Wildman–Crippen LogP) is 1.97. The first-order chi connectivity index (χ1) is 6.43. The third-order valence-corrected chi connectivity index (χ3v) is 3.06. The normalized spacial score (nSPS) is 17.4. The van der Waals surface area contributed by atoms with Gasteiger partial charge >= 0.3 is 5.97 Å². The Morgan fingerprint density at radius 1 is 1.50 bits per heavy atom. The maximum Gasteiger partial charge on any atom is 0.309 e. The van der Waals surface area contributed by atoms with Crippen LogP contribution in [0.5, 0.6) is 0 Å². The molecule has 3 heteroatoms. The third-order valence-electron chi connectivity index (χ3n) is 3.06. The molecule has 14 heavy (non-hydrogen) atoms. The van der Waals surface area contributed by atoms with E-state index >= 15 is 0 Å². The van der Waals surface area contributed by atoms with Gasteiger partial charge in [0.15, 0.2) is 0 Å². The zero-order valence-corrected chi connectivity index (χ0v) is 9.42. The van der Waals surface area contributed by atoms with Gasteiger partial charge in [0.2, 0.25) is 0 Å². The van der Waals surface area contributed by atoms with Gasteiger partial charge in [0.25, 0.3) is 0 Å². The summed E-state index contributed by atoms with van der Waals surface area (Å²) in [6.45, 7) is 4.63. The molecular weight excluding hydrogens is 178 g/mol. The molecule has 3 nitrogen and oxygen atoms in total. The van der Waals surface area contributed by atoms with Crippen molar-refractivity contribution in [3.05, 3.63) is 0 Å². The van der Waals surface area contributed by atoms with E-state index < -0.39 is 11.4 Å². The summed E-state index contributed by atoms with van der Waals surface area (Å²) in [6, 6.07) is 0.781. The van der Waals surface area contributed by atoms with Crippen LogP contribution in [0.1, 0.15) is 39.5 Å². The van der Waals surface area contributed by atoms with Gasteiger partial charge < -0.3 is 10.0 Å². The summed E-state index contributed by atoms with van der Waals surface area (Å²) < 4.78 is 0. The standard InChI is InChI=1S/C11H21NO2/c1-11(2,10(13)14)7-4-8-12(3)9-5-6-9/h9H,4-8H2,1-3H3,(H,13,14). The van der Waals surface area contributed by atoms with Crippen molar-refractivity contribution in [3.8, 4) is 0 Å². The number of carbonyl (C=O) groups is 1. The van der Waals surface area contributed by atoms with E-state index in [0.717, 1.165) is 25.4 Å². The average Bonchev–Trinajstić information content (AvgIpc) is 2.85. The molecule has 0 atom stereocenters. The first kappa shape index (κ1) is 11.5. The summed E-state index contributed by atoms with van der Waals surface area (Å²) in [5.41, 5.74) is -0.565. The molecule has 0 radical (unpaired) electrons. The summed E-state index contributed by atoms with van der Waals surface area (Å²) >= 11 is 0. The Morgan fingerprint density at radius 2 is 2.07 bits per heavy atom. The molecule has 0 bridgehead atoms. The Kier molecular flexibility index (Phi) is 3.53. The lowest BCUT2D eigenvalue weighted by Crippen LogP contribution is -2.27. The van der Waals surface area contributed by atoms with E-state index in [1.54, 1.807) is 13.8 Å². The number of carboxylic acid groups (broad SMARTS) is 1. The molecule has 1 N–H and O–H groups in total. The number of carboxylic acids is 1. The predicted molar refractivity (Wildman–Crippen MR) is 56.3 cm³/mol. The molecule has 1 aliphatic rings. The Balaban J connectivity index is 2.16. The maximum absolute atomic E-state index is 10.8. The van der Waals surface area contributed by atoms with E-state index in [0.29, 0.717) is 0 Å². The Bertz CT molecular complexity index is 209. The molecule has 1 fully saturated rings. The molecule has 0 spiro atoms. The van der Waals surface area contributed by atoms with Gasteiger partial charge in [-0.3, -0.25) is 4.79 Å². The highest BCUT2D eigenvalue weighted by Crippen LogP contribution is 2.27. The van der Waals surface area contributed by atoms with Crippen LogP contribution in [0.4, 0.5) is 0 Å². The molecule has 0 saturated heterocycles. The van der Waals surface area contributed by atoms with Crippen LogP contribution in [0.25, 0.3) is 0 Å². The molecule has 0 aromatic carbocycles. The van der Waals surface area contributed by atoms with Crippen molar-refractivity contribution in [1.82, 2.24) is 4.90 Å². The molecule has 82 valence electrons. The zero-order chi connectivity index (χ0) is 10.8. The fourth-order valence-corrected chi connectivity index (χ4v) is 1.58. The third kappa shape index (κ3) is 3.29. The van der Waals surface area contributed by atoms with Gasteiger partial charge in [0, 0.05) is 6.04 Å². The molecule has 0 aromatic rings. The van der Waals surface area contributed by atoms with Crippen LogP contribution in [0.15, 0.2) is 0 Å². The fourth-order valence-electron chi connectivity index (χ4n) is 1.58. The lowest BCUT2D eigenvalue weighted by Gasteiger charge is -2.21. The first-order valence-corrected chi connectivity index (χ1v) is 5.37. The van der Waals surface area contributed by atoms with Crippen LogP contribution in [-0.4, -0.2) is 35.6 Å². The van der Waals surface area contributed by atoms with Crippen LogP contribution in [-0.2, 0) is 4.79 Å². The van der Waals surface area contributed by atoms with Crippen molar-refractivity contribution < 1.29 is 9.90 Å². The summed E-state index contributed by atoms with van der Waals surface area (Å²) in [7, 11) is 2.13. The van der Waals surface area contributed by atoms with E-state index in [1.807, 2.05) is 0 Å². The molecule has 1 rings (SSSR count). The number of rotatable bonds is 6. The smallest absolute Gasteiger partial charge is 0.309 e. The highest BCUT2D eigenvalue weighted by Gasteiger charge is 2.28. The molecular formula is C11H21NO2. The zero-order valence-electron chi connectivity index (χ0n) is 9.42. The van der Waals surface area contributed by atoms with Gasteiger partial charge in [-0.05, 0) is 53.1 Å². The molecule has 1 saturated carbocycles. The summed E-state index contributed by atoms with van der Waals surface area (Å²) in [6.07, 6.45) is 4.38. The topological polar surface area (TPSA) is 40.5 Å². The Hall–Kier alpha value is -0.570. The maximum atomic E-state index is 10.8. The van der Waals surface area contributed by atoms with Crippen molar-refractivity contribution in [3.63, 3.8) is 0 Å². The number of nitrogens with zero attached hydrogens (tertiary/aromatic N) is 1. The second kappa shape index (κ2) is 4.30. The second-order valence-electron chi connectivity index (χ2n) is 5.00. The van der Waals surface area contributed by atoms with Crippen LogP contribution in [0, 0.1) is 5.41 Å². The highest BCUT2D eigenvalue weighted by molar-refractivity contribution is 5.73. The van der Waals surface area contributed by atoms with Crippen LogP contribution >= 0.6 is 0 Å². The van der Waals surface area contributed by atoms with Gasteiger partial charge in [0.1, 0.15) is 0 Å². The lowest BCUT2D eigenvalue weighted by atomic mass is 9.88. The van der Waals surface area contributed by atoms with E-state index in [9.17, 15) is 4.79 Å². The molecule has 0 amide bonds. The largest absolute Gasteiger partial charge is 0.481 e. The van der Waals surface area contributed by atoms with E-state index in [2.05, 4.69) is 11.9 Å². The summed E-state index contributed by atoms with van der Waals surface area (Å²) in [4.78, 5) is 13.2. The van der Waals surface area contributed by atoms with Crippen molar-refractivity contribution in [2.24, 2.45) is 5.41 Å². The van der Waals surface area contributed by atoms with Crippen molar-refractivity contribution >= 4 is 5.97 Å². The quantitative estimate of drug-likeness (QED) is 0.711. The Morgan fingerprint density at radius 3 is 2.50 bits per heavy atom. The lowest BCUT2D eigenvalue weighted by molar-refractivity contribution is -0.147. The monoisotopic (exact) mass is 199 g/mol. The minimum Gasteiger partial charge on any atom is -0.481 e. The van der Waals surface area contributed by atoms with Gasteiger partial charge in [-0.15, -0.1) is 0 Å². The molecule has 0 unspecified atom stereocenters. The fraction of sp³-hybridized carbons (Fsp3) is 0.909. The van der Waals surface area contributed by atoms with E-state index in [-0.39, 0.29) is 0 Å². The van der Waals surface area contributed by atoms with E-state index in [1.165, 1.54) is 12.8 Å². The number of aliphatic carboxylic acids is 1. The molecule has 0 aromatic heterocycles. The van der Waals surface area contributed by atoms with Crippen LogP contribution < -0.4 is 0 Å². The molecule has 0 aliphatic heterocycles. The average molecular weight is 199 g/mol. The number of hydrogen-bond acceptors (Lipinski definition) is 2. The van der Waals surface area contributed by atoms with Crippen molar-refractivity contribution in [1.29, 1.82) is 0 Å². The Labute approximate surface area is 86.1 Å². The van der Waals surface area contributed by atoms with E-state index in [4.69, 9.17) is 5.11 Å². The molecule has 0 heterocycles. The minimum absolute atomic E-state index is 0.565. The second-order valence-corrected chi connectivity index (χ2v) is 5.00. The first-order valence-electron chi connectivity index (χ1n) is 5.37. The minimum atomic E-state index is -0.688. The van der Waals surface area contributed by atoms with Gasteiger partial charge in [-0.2, -0.15) is 0 Å². The number of hydrogen-bond donors (Lipinski definition) is 1.